The number of hydrogen-bond acceptors (Lipinski definition) is 2. The van der Waals surface area contributed by atoms with Crippen molar-refractivity contribution in [2.24, 2.45) is 0 Å². The maximum absolute atomic E-state index is 4.83. The first-order valence-electron chi connectivity index (χ1n) is 9.34. The van der Waals surface area contributed by atoms with Gasteiger partial charge < -0.3 is 16.5 Å². The summed E-state index contributed by atoms with van der Waals surface area (Å²) in [6.07, 6.45) is 11.4. The number of ether oxygens (including phenoxy) is 1. The molecule has 1 saturated heterocycles. The second kappa shape index (κ2) is 16.4. The van der Waals surface area contributed by atoms with Gasteiger partial charge in [-0.2, -0.15) is 6.42 Å². The Balaban J connectivity index is 0.000000324. The molecular formula is C19H32Cl2CrN2O. The average Bonchev–Trinajstić information content (AvgIpc) is 3.36. The summed E-state index contributed by atoms with van der Waals surface area (Å²) < 4.78 is 4.08. The number of aliphatic hydroxyl groups is 2. The Bertz CT molecular complexity index is 420. The van der Waals surface area contributed by atoms with E-state index in [-0.39, 0.29) is 13.4 Å². The van der Waals surface area contributed by atoms with Gasteiger partial charge >= 0.3 is 33.5 Å². The molecule has 2 fully saturated rings. The van der Waals surface area contributed by atoms with Crippen molar-refractivity contribution in [1.29, 1.82) is 0 Å². The number of rotatable bonds is 6. The summed E-state index contributed by atoms with van der Waals surface area (Å²) in [6, 6.07) is 6.44. The van der Waals surface area contributed by atoms with Crippen molar-refractivity contribution >= 4 is 20.1 Å². The third-order valence-electron chi connectivity index (χ3n) is 4.27. The summed E-state index contributed by atoms with van der Waals surface area (Å²) in [7, 11) is 9.65. The number of aromatic nitrogens is 1. The van der Waals surface area contributed by atoms with E-state index in [1.165, 1.54) is 56.3 Å². The molecule has 1 saturated carbocycles. The first kappa shape index (κ1) is 23.2. The Morgan fingerprint density at radius 3 is 2.60 bits per heavy atom. The van der Waals surface area contributed by atoms with E-state index in [2.05, 4.69) is 41.6 Å². The van der Waals surface area contributed by atoms with Crippen LogP contribution in [0.4, 0.5) is 0 Å². The minimum absolute atomic E-state index is 0.181. The van der Waals surface area contributed by atoms with E-state index in [1.807, 2.05) is 0 Å². The Labute approximate surface area is 168 Å². The topological polar surface area (TPSA) is 37.7 Å². The third kappa shape index (κ3) is 11.5. The van der Waals surface area contributed by atoms with Crippen LogP contribution >= 0.6 is 20.1 Å². The van der Waals surface area contributed by atoms with Crippen LogP contribution in [0.2, 0.25) is 0 Å². The van der Waals surface area contributed by atoms with Crippen LogP contribution < -0.4 is 5.32 Å². The molecule has 144 valence electrons. The van der Waals surface area contributed by atoms with Crippen molar-refractivity contribution in [3.05, 3.63) is 36.0 Å². The van der Waals surface area contributed by atoms with Crippen LogP contribution in [0.3, 0.4) is 0 Å². The fourth-order valence-electron chi connectivity index (χ4n) is 2.92. The maximum atomic E-state index is 4.83. The van der Waals surface area contributed by atoms with E-state index in [4.69, 9.17) is 25.1 Å². The fraction of sp³-hybridized carbons (Fsp3) is 0.684. The second-order valence-corrected chi connectivity index (χ2v) is 8.40. The molecule has 1 aliphatic heterocycles. The van der Waals surface area contributed by atoms with Crippen molar-refractivity contribution in [3.63, 3.8) is 0 Å². The third-order valence-corrected chi connectivity index (χ3v) is 4.27. The van der Waals surface area contributed by atoms with Crippen molar-refractivity contribution < 1.29 is 18.1 Å². The molecule has 3 rings (SSSR count). The Kier molecular flexibility index (Phi) is 15.2. The normalized spacial score (nSPS) is 18.9. The van der Waals surface area contributed by atoms with Crippen molar-refractivity contribution in [2.75, 3.05) is 19.8 Å². The standard InChI is InChI=1S/C15H23N2.C4H8O.2ClH.Cr/c1-2-3-11-16-12-14-9-6-10-15(17-14)13-7-4-5-8-13;1-2-4-5-3-1;;;/h6-7,9-10,13,16H,2-5,8,11-12H2,1H3;1-4H2;2*1H;/q-1;;;;+2/p-1. The quantitative estimate of drug-likeness (QED) is 0.388. The molecule has 1 unspecified atom stereocenters. The van der Waals surface area contributed by atoms with Crippen LogP contribution in [0.1, 0.15) is 69.2 Å². The van der Waals surface area contributed by atoms with Gasteiger partial charge in [0.15, 0.2) is 0 Å². The Hall–Kier alpha value is 0.182. The molecule has 0 bridgehead atoms. The molecule has 1 aliphatic carbocycles. The molecule has 2 N–H and O–H groups in total. The Morgan fingerprint density at radius 2 is 2.04 bits per heavy atom. The molecule has 25 heavy (non-hydrogen) atoms. The van der Waals surface area contributed by atoms with Gasteiger partial charge in [-0.15, -0.1) is 5.92 Å². The van der Waals surface area contributed by atoms with Gasteiger partial charge in [0, 0.05) is 25.1 Å². The molecule has 1 atom stereocenters. The van der Waals surface area contributed by atoms with E-state index in [1.54, 1.807) is 0 Å². The van der Waals surface area contributed by atoms with Gasteiger partial charge in [0.2, 0.25) is 0 Å². The van der Waals surface area contributed by atoms with Gasteiger partial charge in [0.05, 0.1) is 5.69 Å². The number of nitrogens with zero attached hydrogens (tertiary/aromatic N) is 1. The SMILES string of the molecule is C1CC[OH+]C1.CCCCNCc1cccc(C2[CH-]CCC2)n1.[Cl][Cr][Cl]. The molecule has 6 heteroatoms. The number of unbranched alkanes of at least 4 members (excludes halogenated alkanes) is 1. The van der Waals surface area contributed by atoms with E-state index in [9.17, 15) is 0 Å². The van der Waals surface area contributed by atoms with E-state index in [0.29, 0.717) is 5.92 Å². The average molecular weight is 427 g/mol. The van der Waals surface area contributed by atoms with Crippen LogP contribution in [0.15, 0.2) is 18.2 Å². The summed E-state index contributed by atoms with van der Waals surface area (Å²) in [5.74, 6) is 0.602. The van der Waals surface area contributed by atoms with Crippen LogP contribution in [0.25, 0.3) is 0 Å². The summed E-state index contributed by atoms with van der Waals surface area (Å²) in [5.41, 5.74) is 2.44. The van der Waals surface area contributed by atoms with Crippen LogP contribution in [0, 0.1) is 6.42 Å². The molecule has 0 spiro atoms. The van der Waals surface area contributed by atoms with Crippen LogP contribution in [0.5, 0.6) is 0 Å². The molecule has 2 aliphatic rings. The number of halogens is 2. The molecule has 2 heterocycles. The predicted molar refractivity (Wildman–Crippen MR) is 105 cm³/mol. The van der Waals surface area contributed by atoms with Gasteiger partial charge in [-0.3, -0.25) is 4.98 Å². The van der Waals surface area contributed by atoms with Gasteiger partial charge in [0.1, 0.15) is 13.2 Å². The zero-order valence-corrected chi connectivity index (χ0v) is 18.0. The molecule has 1 aromatic heterocycles. The van der Waals surface area contributed by atoms with Crippen LogP contribution in [-0.2, 0) is 19.9 Å². The summed E-state index contributed by atoms with van der Waals surface area (Å²) in [5, 5.41) is 3.45. The summed E-state index contributed by atoms with van der Waals surface area (Å²) in [6.45, 7) is 6.47. The molecular weight excluding hydrogens is 395 g/mol. The first-order valence-corrected chi connectivity index (χ1v) is 12.8. The van der Waals surface area contributed by atoms with E-state index < -0.39 is 0 Å². The van der Waals surface area contributed by atoms with Crippen LogP contribution in [-0.4, -0.2) is 29.5 Å². The number of pyridine rings is 1. The minimum atomic E-state index is -0.181. The monoisotopic (exact) mass is 426 g/mol. The first-order chi connectivity index (χ1) is 12.3. The van der Waals surface area contributed by atoms with Crippen molar-refractivity contribution in [3.8, 4) is 0 Å². The van der Waals surface area contributed by atoms with Crippen molar-refractivity contribution in [2.45, 2.75) is 64.3 Å². The molecule has 3 nitrogen and oxygen atoms in total. The van der Waals surface area contributed by atoms with Gasteiger partial charge in [0.25, 0.3) is 0 Å². The summed E-state index contributed by atoms with van der Waals surface area (Å²) in [4.78, 5) is 4.76. The summed E-state index contributed by atoms with van der Waals surface area (Å²) >= 11 is -0.181. The molecule has 0 aromatic carbocycles. The molecule has 1 aromatic rings. The Morgan fingerprint density at radius 1 is 1.28 bits per heavy atom. The molecule has 0 radical (unpaired) electrons. The fourth-order valence-corrected chi connectivity index (χ4v) is 2.92. The number of hydrogen-bond donors (Lipinski definition) is 1. The van der Waals surface area contributed by atoms with Gasteiger partial charge in [-0.05, 0) is 25.1 Å². The molecule has 0 amide bonds. The van der Waals surface area contributed by atoms with E-state index in [0.717, 1.165) is 26.3 Å². The van der Waals surface area contributed by atoms with Crippen molar-refractivity contribution in [1.82, 2.24) is 10.3 Å². The zero-order valence-electron chi connectivity index (χ0n) is 15.2. The van der Waals surface area contributed by atoms with Gasteiger partial charge in [-0.1, -0.05) is 32.3 Å². The van der Waals surface area contributed by atoms with E-state index >= 15 is 0 Å². The number of nitrogens with one attached hydrogen (secondary N) is 1. The second-order valence-electron chi connectivity index (χ2n) is 6.29. The zero-order chi connectivity index (χ0) is 18.2. The predicted octanol–water partition coefficient (Wildman–Crippen LogP) is 5.13. The van der Waals surface area contributed by atoms with Gasteiger partial charge in [-0.25, -0.2) is 0 Å².